The summed E-state index contributed by atoms with van der Waals surface area (Å²) >= 11 is 1.44. The molecule has 5 nitrogen and oxygen atoms in total. The van der Waals surface area contributed by atoms with Crippen LogP contribution in [0.15, 0.2) is 17.3 Å². The summed E-state index contributed by atoms with van der Waals surface area (Å²) in [4.78, 5) is 13.9. The van der Waals surface area contributed by atoms with Crippen molar-refractivity contribution < 1.29 is 10.0 Å². The number of nitrogens with zero attached hydrogens (tertiary/aromatic N) is 1. The van der Waals surface area contributed by atoms with E-state index in [4.69, 9.17) is 10.9 Å². The molecule has 0 spiro atoms. The minimum absolute atomic E-state index is 0.0987. The van der Waals surface area contributed by atoms with Crippen LogP contribution in [0.4, 0.5) is 0 Å². The summed E-state index contributed by atoms with van der Waals surface area (Å²) in [6.07, 6.45) is 3.39. The van der Waals surface area contributed by atoms with E-state index in [1.807, 2.05) is 13.0 Å². The number of amidine groups is 1. The normalized spacial score (nSPS) is 18.8. The molecule has 1 aliphatic rings. The van der Waals surface area contributed by atoms with Crippen LogP contribution >= 0.6 is 11.3 Å². The Morgan fingerprint density at radius 2 is 2.17 bits per heavy atom. The summed E-state index contributed by atoms with van der Waals surface area (Å²) in [5.41, 5.74) is 5.06. The van der Waals surface area contributed by atoms with E-state index in [1.54, 1.807) is 6.07 Å². The minimum atomic E-state index is -0.677. The molecule has 1 aromatic rings. The van der Waals surface area contributed by atoms with Gasteiger partial charge in [0.25, 0.3) is 5.91 Å². The van der Waals surface area contributed by atoms with Gasteiger partial charge in [0.1, 0.15) is 5.54 Å². The van der Waals surface area contributed by atoms with E-state index in [0.29, 0.717) is 4.88 Å². The van der Waals surface area contributed by atoms with Crippen molar-refractivity contribution >= 4 is 23.1 Å². The fourth-order valence-electron chi connectivity index (χ4n) is 2.35. The van der Waals surface area contributed by atoms with Gasteiger partial charge >= 0.3 is 0 Å². The number of hydrogen-bond acceptors (Lipinski definition) is 4. The Bertz CT molecular complexity index is 475. The fourth-order valence-corrected chi connectivity index (χ4v) is 3.12. The van der Waals surface area contributed by atoms with Crippen molar-refractivity contribution in [3.05, 3.63) is 21.9 Å². The molecule has 0 aliphatic heterocycles. The maximum atomic E-state index is 12.1. The monoisotopic (exact) mass is 267 g/mol. The molecule has 0 saturated heterocycles. The lowest BCUT2D eigenvalue weighted by molar-refractivity contribution is 0.0927. The first-order chi connectivity index (χ1) is 8.57. The van der Waals surface area contributed by atoms with Crippen LogP contribution in [0.25, 0.3) is 0 Å². The third-order valence-electron chi connectivity index (χ3n) is 3.37. The van der Waals surface area contributed by atoms with E-state index in [-0.39, 0.29) is 11.7 Å². The Balaban J connectivity index is 2.17. The van der Waals surface area contributed by atoms with E-state index < -0.39 is 5.54 Å². The molecule has 0 bridgehead atoms. The van der Waals surface area contributed by atoms with Gasteiger partial charge in [0.2, 0.25) is 0 Å². The van der Waals surface area contributed by atoms with Crippen molar-refractivity contribution in [2.24, 2.45) is 10.9 Å². The molecule has 18 heavy (non-hydrogen) atoms. The average molecular weight is 267 g/mol. The number of hydrogen-bond donors (Lipinski definition) is 3. The molecule has 0 unspecified atom stereocenters. The summed E-state index contributed by atoms with van der Waals surface area (Å²) in [6.45, 7) is 1.95. The number of carbonyl (C=O) groups is 1. The number of oxime groups is 1. The predicted octanol–water partition coefficient (Wildman–Crippen LogP) is 1.85. The second-order valence-corrected chi connectivity index (χ2v) is 5.93. The zero-order chi connectivity index (χ0) is 13.2. The summed E-state index contributed by atoms with van der Waals surface area (Å²) in [6, 6.07) is 3.70. The Labute approximate surface area is 110 Å². The number of nitrogens with one attached hydrogen (secondary N) is 1. The van der Waals surface area contributed by atoms with Crippen molar-refractivity contribution in [3.8, 4) is 0 Å². The first-order valence-corrected chi connectivity index (χ1v) is 6.76. The standard InChI is InChI=1S/C12H17N3O2S/c1-8-4-5-9(18-8)10(16)14-12(11(13)15-17)6-2-3-7-12/h4-5,17H,2-3,6-7H2,1H3,(H2,13,15)(H,14,16). The molecule has 2 rings (SSSR count). The van der Waals surface area contributed by atoms with Gasteiger partial charge in [0.05, 0.1) is 4.88 Å². The molecule has 1 fully saturated rings. The predicted molar refractivity (Wildman–Crippen MR) is 71.1 cm³/mol. The van der Waals surface area contributed by atoms with Crippen LogP contribution < -0.4 is 11.1 Å². The van der Waals surface area contributed by atoms with Gasteiger partial charge < -0.3 is 16.3 Å². The van der Waals surface area contributed by atoms with E-state index in [0.717, 1.165) is 30.6 Å². The Hall–Kier alpha value is -1.56. The zero-order valence-electron chi connectivity index (χ0n) is 10.3. The summed E-state index contributed by atoms with van der Waals surface area (Å²) in [5, 5.41) is 14.9. The number of rotatable bonds is 3. The molecule has 1 aliphatic carbocycles. The molecule has 1 saturated carbocycles. The first kappa shape index (κ1) is 12.9. The fraction of sp³-hybridized carbons (Fsp3) is 0.500. The van der Waals surface area contributed by atoms with Crippen LogP contribution in [-0.2, 0) is 0 Å². The molecule has 0 atom stereocenters. The average Bonchev–Trinajstić information content (AvgIpc) is 2.98. The van der Waals surface area contributed by atoms with Gasteiger partial charge in [-0.05, 0) is 31.9 Å². The van der Waals surface area contributed by atoms with E-state index in [2.05, 4.69) is 10.5 Å². The number of carbonyl (C=O) groups excluding carboxylic acids is 1. The highest BCUT2D eigenvalue weighted by atomic mass is 32.1. The Kier molecular flexibility index (Phi) is 3.56. The SMILES string of the molecule is Cc1ccc(C(=O)NC2(/C(N)=N/O)CCCC2)s1. The van der Waals surface area contributed by atoms with E-state index in [9.17, 15) is 4.79 Å². The largest absolute Gasteiger partial charge is 0.409 e. The third kappa shape index (κ3) is 2.33. The number of aryl methyl sites for hydroxylation is 1. The van der Waals surface area contributed by atoms with E-state index >= 15 is 0 Å². The van der Waals surface area contributed by atoms with Crippen molar-refractivity contribution in [2.75, 3.05) is 0 Å². The lowest BCUT2D eigenvalue weighted by Gasteiger charge is -2.28. The summed E-state index contributed by atoms with van der Waals surface area (Å²) in [5.74, 6) is -0.0526. The van der Waals surface area contributed by atoms with Gasteiger partial charge in [-0.2, -0.15) is 0 Å². The van der Waals surface area contributed by atoms with Gasteiger partial charge in [-0.3, -0.25) is 4.79 Å². The van der Waals surface area contributed by atoms with Crippen LogP contribution in [0, 0.1) is 6.92 Å². The molecule has 4 N–H and O–H groups in total. The highest BCUT2D eigenvalue weighted by Crippen LogP contribution is 2.30. The molecule has 6 heteroatoms. The van der Waals surface area contributed by atoms with Crippen LogP contribution in [-0.4, -0.2) is 22.5 Å². The smallest absolute Gasteiger partial charge is 0.262 e. The van der Waals surface area contributed by atoms with Gasteiger partial charge in [-0.1, -0.05) is 18.0 Å². The molecule has 0 radical (unpaired) electrons. The lowest BCUT2D eigenvalue weighted by Crippen LogP contribution is -2.55. The molecular formula is C12H17N3O2S. The van der Waals surface area contributed by atoms with Crippen LogP contribution in [0.2, 0.25) is 0 Å². The van der Waals surface area contributed by atoms with E-state index in [1.165, 1.54) is 11.3 Å². The lowest BCUT2D eigenvalue weighted by atomic mass is 9.96. The van der Waals surface area contributed by atoms with Crippen LogP contribution in [0.3, 0.4) is 0 Å². The third-order valence-corrected chi connectivity index (χ3v) is 4.37. The Morgan fingerprint density at radius 1 is 1.50 bits per heavy atom. The quantitative estimate of drug-likeness (QED) is 0.338. The van der Waals surface area contributed by atoms with Crippen molar-refractivity contribution in [3.63, 3.8) is 0 Å². The minimum Gasteiger partial charge on any atom is -0.409 e. The molecule has 0 aromatic carbocycles. The van der Waals surface area contributed by atoms with Crippen molar-refractivity contribution in [1.29, 1.82) is 0 Å². The van der Waals surface area contributed by atoms with Crippen LogP contribution in [0.1, 0.15) is 40.2 Å². The van der Waals surface area contributed by atoms with Crippen LogP contribution in [0.5, 0.6) is 0 Å². The highest BCUT2D eigenvalue weighted by Gasteiger charge is 2.40. The number of thiophene rings is 1. The second kappa shape index (κ2) is 4.97. The molecular weight excluding hydrogens is 250 g/mol. The zero-order valence-corrected chi connectivity index (χ0v) is 11.1. The second-order valence-electron chi connectivity index (χ2n) is 4.64. The first-order valence-electron chi connectivity index (χ1n) is 5.94. The molecule has 1 aromatic heterocycles. The van der Waals surface area contributed by atoms with Crippen molar-refractivity contribution in [1.82, 2.24) is 5.32 Å². The molecule has 1 heterocycles. The maximum Gasteiger partial charge on any atom is 0.262 e. The molecule has 98 valence electrons. The molecule has 1 amide bonds. The highest BCUT2D eigenvalue weighted by molar-refractivity contribution is 7.13. The number of nitrogens with two attached hydrogens (primary N) is 1. The maximum absolute atomic E-state index is 12.1. The van der Waals surface area contributed by atoms with Gasteiger partial charge in [-0.25, -0.2) is 0 Å². The summed E-state index contributed by atoms with van der Waals surface area (Å²) < 4.78 is 0. The topological polar surface area (TPSA) is 87.7 Å². The Morgan fingerprint density at radius 3 is 2.67 bits per heavy atom. The van der Waals surface area contributed by atoms with Gasteiger partial charge in [-0.15, -0.1) is 11.3 Å². The summed E-state index contributed by atoms with van der Waals surface area (Å²) in [7, 11) is 0. The van der Waals surface area contributed by atoms with Gasteiger partial charge in [0, 0.05) is 4.88 Å². The number of amides is 1. The van der Waals surface area contributed by atoms with Gasteiger partial charge in [0.15, 0.2) is 5.84 Å². The van der Waals surface area contributed by atoms with Crippen molar-refractivity contribution in [2.45, 2.75) is 38.1 Å².